The maximum absolute atomic E-state index is 12.9. The van der Waals surface area contributed by atoms with E-state index < -0.39 is 0 Å². The zero-order chi connectivity index (χ0) is 16.2. The van der Waals surface area contributed by atoms with Gasteiger partial charge in [-0.15, -0.1) is 0 Å². The van der Waals surface area contributed by atoms with Crippen molar-refractivity contribution in [2.75, 3.05) is 0 Å². The van der Waals surface area contributed by atoms with Crippen molar-refractivity contribution < 1.29 is 4.79 Å². The predicted octanol–water partition coefficient (Wildman–Crippen LogP) is 4.08. The fourth-order valence-electron chi connectivity index (χ4n) is 2.61. The van der Waals surface area contributed by atoms with Crippen molar-refractivity contribution in [1.82, 2.24) is 4.57 Å². The summed E-state index contributed by atoms with van der Waals surface area (Å²) < 4.78 is 1.87. The zero-order valence-electron chi connectivity index (χ0n) is 12.9. The van der Waals surface area contributed by atoms with E-state index in [9.17, 15) is 4.79 Å². The number of carbonyl (C=O) groups excluding carboxylic acids is 1. The molecule has 0 saturated carbocycles. The molecular formula is C20H16N2O. The molecule has 1 aromatic heterocycles. The van der Waals surface area contributed by atoms with E-state index in [0.717, 1.165) is 16.9 Å². The molecule has 0 aliphatic heterocycles. The largest absolute Gasteiger partial charge is 0.310 e. The molecule has 112 valence electrons. The summed E-state index contributed by atoms with van der Waals surface area (Å²) in [6, 6.07) is 23.0. The number of benzene rings is 2. The van der Waals surface area contributed by atoms with Crippen LogP contribution in [0.1, 0.15) is 27.3 Å². The van der Waals surface area contributed by atoms with Gasteiger partial charge in [0.1, 0.15) is 0 Å². The maximum atomic E-state index is 12.9. The Hall–Kier alpha value is -3.12. The van der Waals surface area contributed by atoms with E-state index in [1.54, 1.807) is 6.07 Å². The first kappa shape index (κ1) is 14.8. The molecule has 0 amide bonds. The van der Waals surface area contributed by atoms with Crippen molar-refractivity contribution in [3.8, 4) is 11.8 Å². The van der Waals surface area contributed by atoms with Gasteiger partial charge < -0.3 is 4.57 Å². The van der Waals surface area contributed by atoms with Gasteiger partial charge in [-0.2, -0.15) is 5.26 Å². The normalized spacial score (nSPS) is 10.3. The summed E-state index contributed by atoms with van der Waals surface area (Å²) in [5, 5.41) is 9.04. The highest BCUT2D eigenvalue weighted by Gasteiger charge is 2.17. The van der Waals surface area contributed by atoms with E-state index in [-0.39, 0.29) is 12.2 Å². The smallest absolute Gasteiger partial charge is 0.209 e. The Balaban J connectivity index is 2.11. The number of carbonyl (C=O) groups is 1. The quantitative estimate of drug-likeness (QED) is 0.681. The Morgan fingerprint density at radius 1 is 1.00 bits per heavy atom. The summed E-state index contributed by atoms with van der Waals surface area (Å²) in [5.41, 5.74) is 4.04. The molecule has 0 atom stereocenters. The zero-order valence-corrected chi connectivity index (χ0v) is 12.9. The van der Waals surface area contributed by atoms with Crippen LogP contribution in [-0.2, 0) is 6.42 Å². The van der Waals surface area contributed by atoms with Crippen LogP contribution in [0.3, 0.4) is 0 Å². The molecule has 0 saturated heterocycles. The third kappa shape index (κ3) is 2.93. The van der Waals surface area contributed by atoms with Crippen molar-refractivity contribution >= 4 is 5.78 Å². The highest BCUT2D eigenvalue weighted by atomic mass is 16.1. The lowest BCUT2D eigenvalue weighted by atomic mass is 10.1. The van der Waals surface area contributed by atoms with Crippen molar-refractivity contribution in [3.63, 3.8) is 0 Å². The Morgan fingerprint density at radius 2 is 1.70 bits per heavy atom. The molecule has 0 aliphatic carbocycles. The molecule has 2 aromatic carbocycles. The molecule has 0 radical (unpaired) electrons. The Kier molecular flexibility index (Phi) is 4.07. The second-order valence-corrected chi connectivity index (χ2v) is 5.41. The minimum absolute atomic E-state index is 0.0435. The molecular weight excluding hydrogens is 284 g/mol. The number of rotatable bonds is 4. The van der Waals surface area contributed by atoms with Gasteiger partial charge in [0, 0.05) is 16.9 Å². The van der Waals surface area contributed by atoms with E-state index in [0.29, 0.717) is 11.3 Å². The highest BCUT2D eigenvalue weighted by molar-refractivity contribution is 6.08. The predicted molar refractivity (Wildman–Crippen MR) is 89.7 cm³/mol. The standard InChI is InChI=1S/C20H16N2O/c1-15-7-9-16(10-8-15)20(23)19-12-11-18(13-14-21)22(19)17-5-3-2-4-6-17/h2-12H,13H2,1H3. The van der Waals surface area contributed by atoms with E-state index in [1.807, 2.05) is 72.2 Å². The first-order valence-corrected chi connectivity index (χ1v) is 7.45. The topological polar surface area (TPSA) is 45.8 Å². The molecule has 0 bridgehead atoms. The van der Waals surface area contributed by atoms with E-state index in [2.05, 4.69) is 6.07 Å². The number of nitriles is 1. The second-order valence-electron chi connectivity index (χ2n) is 5.41. The van der Waals surface area contributed by atoms with Crippen LogP contribution in [0.4, 0.5) is 0 Å². The number of aryl methyl sites for hydroxylation is 1. The number of hydrogen-bond acceptors (Lipinski definition) is 2. The summed E-state index contributed by atoms with van der Waals surface area (Å²) in [7, 11) is 0. The van der Waals surface area contributed by atoms with Gasteiger partial charge in [0.15, 0.2) is 0 Å². The lowest BCUT2D eigenvalue weighted by Gasteiger charge is -2.12. The summed E-state index contributed by atoms with van der Waals surface area (Å²) in [6.07, 6.45) is 0.260. The van der Waals surface area contributed by atoms with Crippen molar-refractivity contribution in [2.45, 2.75) is 13.3 Å². The maximum Gasteiger partial charge on any atom is 0.209 e. The van der Waals surface area contributed by atoms with Gasteiger partial charge in [-0.05, 0) is 31.2 Å². The van der Waals surface area contributed by atoms with Gasteiger partial charge in [-0.25, -0.2) is 0 Å². The van der Waals surface area contributed by atoms with Crippen molar-refractivity contribution in [3.05, 3.63) is 89.2 Å². The second kappa shape index (κ2) is 6.33. The van der Waals surface area contributed by atoms with Crippen LogP contribution in [0.25, 0.3) is 5.69 Å². The average Bonchev–Trinajstić information content (AvgIpc) is 3.00. The third-order valence-electron chi connectivity index (χ3n) is 3.78. The lowest BCUT2D eigenvalue weighted by molar-refractivity contribution is 0.103. The molecule has 0 aliphatic rings. The van der Waals surface area contributed by atoms with E-state index in [1.165, 1.54) is 0 Å². The van der Waals surface area contributed by atoms with Gasteiger partial charge in [0.25, 0.3) is 0 Å². The molecule has 1 heterocycles. The summed E-state index contributed by atoms with van der Waals surface area (Å²) in [6.45, 7) is 1.99. The van der Waals surface area contributed by atoms with Crippen LogP contribution in [0.2, 0.25) is 0 Å². The average molecular weight is 300 g/mol. The highest BCUT2D eigenvalue weighted by Crippen LogP contribution is 2.21. The Morgan fingerprint density at radius 3 is 2.35 bits per heavy atom. The van der Waals surface area contributed by atoms with Crippen LogP contribution >= 0.6 is 0 Å². The Bertz CT molecular complexity index is 868. The molecule has 0 N–H and O–H groups in total. The van der Waals surface area contributed by atoms with Crippen LogP contribution in [0, 0.1) is 18.3 Å². The monoisotopic (exact) mass is 300 g/mol. The number of para-hydroxylation sites is 1. The summed E-state index contributed by atoms with van der Waals surface area (Å²) in [4.78, 5) is 12.9. The minimum atomic E-state index is -0.0435. The SMILES string of the molecule is Cc1ccc(C(=O)c2ccc(CC#N)n2-c2ccccc2)cc1. The number of ketones is 1. The van der Waals surface area contributed by atoms with Crippen LogP contribution in [0.15, 0.2) is 66.7 Å². The number of aromatic nitrogens is 1. The number of nitrogens with zero attached hydrogens (tertiary/aromatic N) is 2. The van der Waals surface area contributed by atoms with Gasteiger partial charge in [0.2, 0.25) is 5.78 Å². The fourth-order valence-corrected chi connectivity index (χ4v) is 2.61. The lowest BCUT2D eigenvalue weighted by Crippen LogP contribution is -2.11. The molecule has 23 heavy (non-hydrogen) atoms. The molecule has 3 rings (SSSR count). The van der Waals surface area contributed by atoms with Crippen LogP contribution in [-0.4, -0.2) is 10.4 Å². The first-order chi connectivity index (χ1) is 11.2. The van der Waals surface area contributed by atoms with E-state index in [4.69, 9.17) is 5.26 Å². The van der Waals surface area contributed by atoms with Crippen molar-refractivity contribution in [1.29, 1.82) is 5.26 Å². The summed E-state index contributed by atoms with van der Waals surface area (Å²) >= 11 is 0. The van der Waals surface area contributed by atoms with Crippen LogP contribution in [0.5, 0.6) is 0 Å². The van der Waals surface area contributed by atoms with Crippen molar-refractivity contribution in [2.24, 2.45) is 0 Å². The summed E-state index contributed by atoms with van der Waals surface area (Å²) in [5.74, 6) is -0.0435. The molecule has 3 heteroatoms. The minimum Gasteiger partial charge on any atom is -0.310 e. The molecule has 0 fully saturated rings. The molecule has 0 spiro atoms. The van der Waals surface area contributed by atoms with Gasteiger partial charge >= 0.3 is 0 Å². The third-order valence-corrected chi connectivity index (χ3v) is 3.78. The Labute approximate surface area is 135 Å². The van der Waals surface area contributed by atoms with E-state index >= 15 is 0 Å². The molecule has 0 unspecified atom stereocenters. The van der Waals surface area contributed by atoms with Gasteiger partial charge in [0.05, 0.1) is 18.2 Å². The van der Waals surface area contributed by atoms with Gasteiger partial charge in [-0.1, -0.05) is 48.0 Å². The fraction of sp³-hybridized carbons (Fsp3) is 0.100. The molecule has 3 aromatic rings. The number of hydrogen-bond donors (Lipinski definition) is 0. The van der Waals surface area contributed by atoms with Gasteiger partial charge in [-0.3, -0.25) is 4.79 Å². The first-order valence-electron chi connectivity index (χ1n) is 7.45. The van der Waals surface area contributed by atoms with Crippen LogP contribution < -0.4 is 0 Å². The molecule has 3 nitrogen and oxygen atoms in total.